The van der Waals surface area contributed by atoms with Gasteiger partial charge in [-0.25, -0.2) is 4.79 Å². The minimum Gasteiger partial charge on any atom is -0.478 e. The monoisotopic (exact) mass is 261 g/mol. The molecule has 0 radical (unpaired) electrons. The minimum atomic E-state index is -0.861. The number of rotatable bonds is 3. The number of aromatic carboxylic acids is 1. The Labute approximate surface area is 115 Å². The Morgan fingerprint density at radius 2 is 1.79 bits per heavy atom. The smallest absolute Gasteiger partial charge is 0.335 e. The van der Waals surface area contributed by atoms with Crippen LogP contribution in [0.4, 0.5) is 5.69 Å². The molecule has 0 spiro atoms. The predicted molar refractivity (Wildman–Crippen MR) is 77.9 cm³/mol. The lowest BCUT2D eigenvalue weighted by molar-refractivity contribution is 0.0697. The number of anilines is 1. The predicted octanol–water partition coefficient (Wildman–Crippen LogP) is 4.22. The van der Waals surface area contributed by atoms with Gasteiger partial charge in [0.2, 0.25) is 0 Å². The molecule has 19 heavy (non-hydrogen) atoms. The molecule has 1 aromatic carbocycles. The molecular formula is C16H23NO2. The molecule has 1 aliphatic carbocycles. The van der Waals surface area contributed by atoms with Crippen molar-refractivity contribution in [2.75, 3.05) is 5.32 Å². The highest BCUT2D eigenvalue weighted by Crippen LogP contribution is 2.23. The summed E-state index contributed by atoms with van der Waals surface area (Å²) in [5.74, 6) is -0.861. The van der Waals surface area contributed by atoms with E-state index < -0.39 is 5.97 Å². The molecule has 0 amide bonds. The maximum Gasteiger partial charge on any atom is 0.335 e. The Bertz CT molecular complexity index is 434. The highest BCUT2D eigenvalue weighted by molar-refractivity contribution is 5.88. The highest BCUT2D eigenvalue weighted by Gasteiger charge is 2.13. The van der Waals surface area contributed by atoms with E-state index in [0.717, 1.165) is 11.3 Å². The third-order valence-electron chi connectivity index (χ3n) is 3.94. The van der Waals surface area contributed by atoms with Gasteiger partial charge in [-0.3, -0.25) is 0 Å². The number of carboxylic acid groups (broad SMARTS) is 1. The molecule has 0 atom stereocenters. The first kappa shape index (κ1) is 13.9. The van der Waals surface area contributed by atoms with Gasteiger partial charge >= 0.3 is 5.97 Å². The first-order valence-corrected chi connectivity index (χ1v) is 7.27. The fourth-order valence-electron chi connectivity index (χ4n) is 2.78. The Kier molecular flexibility index (Phi) is 4.83. The Hall–Kier alpha value is -1.51. The lowest BCUT2D eigenvalue weighted by Crippen LogP contribution is -2.21. The minimum absolute atomic E-state index is 0.362. The van der Waals surface area contributed by atoms with Crippen LogP contribution in [0.2, 0.25) is 0 Å². The van der Waals surface area contributed by atoms with Gasteiger partial charge in [-0.2, -0.15) is 0 Å². The molecule has 0 bridgehead atoms. The molecule has 1 fully saturated rings. The number of carbonyl (C=O) groups is 1. The SMILES string of the molecule is Cc1cc(C(=O)O)ccc1NC1CCCCCCC1. The zero-order valence-corrected chi connectivity index (χ0v) is 11.6. The first-order valence-electron chi connectivity index (χ1n) is 7.27. The summed E-state index contributed by atoms with van der Waals surface area (Å²) in [5.41, 5.74) is 2.46. The number of aryl methyl sites for hydroxylation is 1. The van der Waals surface area contributed by atoms with Gasteiger partial charge in [-0.1, -0.05) is 32.1 Å². The summed E-state index contributed by atoms with van der Waals surface area (Å²) in [7, 11) is 0. The molecule has 0 heterocycles. The fourth-order valence-corrected chi connectivity index (χ4v) is 2.78. The number of nitrogens with one attached hydrogen (secondary N) is 1. The van der Waals surface area contributed by atoms with Crippen molar-refractivity contribution < 1.29 is 9.90 Å². The van der Waals surface area contributed by atoms with Gasteiger partial charge in [0.05, 0.1) is 5.56 Å². The van der Waals surface area contributed by atoms with Gasteiger partial charge in [0.1, 0.15) is 0 Å². The summed E-state index contributed by atoms with van der Waals surface area (Å²) in [6, 6.07) is 5.86. The van der Waals surface area contributed by atoms with Crippen molar-refractivity contribution in [1.29, 1.82) is 0 Å². The second-order valence-electron chi connectivity index (χ2n) is 5.52. The van der Waals surface area contributed by atoms with E-state index in [9.17, 15) is 4.79 Å². The van der Waals surface area contributed by atoms with Crippen molar-refractivity contribution >= 4 is 11.7 Å². The van der Waals surface area contributed by atoms with Crippen molar-refractivity contribution in [2.45, 2.75) is 57.9 Å². The second kappa shape index (κ2) is 6.60. The third-order valence-corrected chi connectivity index (χ3v) is 3.94. The number of hydrogen-bond acceptors (Lipinski definition) is 2. The molecule has 2 rings (SSSR count). The molecule has 1 aliphatic rings. The average Bonchev–Trinajstić information content (AvgIpc) is 2.34. The number of carboxylic acids is 1. The van der Waals surface area contributed by atoms with E-state index >= 15 is 0 Å². The highest BCUT2D eigenvalue weighted by atomic mass is 16.4. The van der Waals surface area contributed by atoms with Crippen LogP contribution < -0.4 is 5.32 Å². The van der Waals surface area contributed by atoms with Crippen molar-refractivity contribution in [2.24, 2.45) is 0 Å². The Morgan fingerprint density at radius 3 is 2.37 bits per heavy atom. The van der Waals surface area contributed by atoms with Crippen LogP contribution in [-0.4, -0.2) is 17.1 Å². The summed E-state index contributed by atoms with van der Waals surface area (Å²) in [6.45, 7) is 1.97. The molecule has 104 valence electrons. The van der Waals surface area contributed by atoms with E-state index in [2.05, 4.69) is 5.32 Å². The molecule has 3 heteroatoms. The van der Waals surface area contributed by atoms with Crippen LogP contribution in [0.15, 0.2) is 18.2 Å². The Balaban J connectivity index is 2.03. The molecule has 3 nitrogen and oxygen atoms in total. The van der Waals surface area contributed by atoms with Crippen molar-refractivity contribution in [3.05, 3.63) is 29.3 Å². The lowest BCUT2D eigenvalue weighted by atomic mass is 9.96. The molecule has 2 N–H and O–H groups in total. The van der Waals surface area contributed by atoms with Crippen LogP contribution in [0.3, 0.4) is 0 Å². The zero-order valence-electron chi connectivity index (χ0n) is 11.6. The molecule has 0 aliphatic heterocycles. The average molecular weight is 261 g/mol. The number of benzene rings is 1. The fraction of sp³-hybridized carbons (Fsp3) is 0.562. The first-order chi connectivity index (χ1) is 9.16. The van der Waals surface area contributed by atoms with E-state index in [4.69, 9.17) is 5.11 Å². The van der Waals surface area contributed by atoms with Gasteiger partial charge in [0, 0.05) is 11.7 Å². The standard InChI is InChI=1S/C16H23NO2/c1-12-11-13(16(18)19)9-10-15(12)17-14-7-5-3-2-4-6-8-14/h9-11,14,17H,2-8H2,1H3,(H,18,19). The van der Waals surface area contributed by atoms with E-state index in [-0.39, 0.29) is 0 Å². The van der Waals surface area contributed by atoms with Crippen molar-refractivity contribution in [1.82, 2.24) is 0 Å². The molecule has 1 saturated carbocycles. The van der Waals surface area contributed by atoms with Gasteiger partial charge in [0.25, 0.3) is 0 Å². The topological polar surface area (TPSA) is 49.3 Å². The summed E-state index contributed by atoms with van der Waals surface area (Å²) in [5, 5.41) is 12.6. The molecule has 0 unspecified atom stereocenters. The lowest BCUT2D eigenvalue weighted by Gasteiger charge is -2.23. The normalized spacial score (nSPS) is 17.5. The molecule has 1 aromatic rings. The summed E-state index contributed by atoms with van der Waals surface area (Å²) >= 11 is 0. The van der Waals surface area contributed by atoms with Gasteiger partial charge < -0.3 is 10.4 Å². The molecular weight excluding hydrogens is 238 g/mol. The summed E-state index contributed by atoms with van der Waals surface area (Å²) in [6.07, 6.45) is 9.09. The van der Waals surface area contributed by atoms with Gasteiger partial charge in [-0.05, 0) is 43.5 Å². The maximum atomic E-state index is 10.9. The van der Waals surface area contributed by atoms with Crippen molar-refractivity contribution in [3.63, 3.8) is 0 Å². The van der Waals surface area contributed by atoms with Crippen molar-refractivity contribution in [3.8, 4) is 0 Å². The molecule has 0 saturated heterocycles. The van der Waals surface area contributed by atoms with Gasteiger partial charge in [0.15, 0.2) is 0 Å². The van der Waals surface area contributed by atoms with E-state index in [1.54, 1.807) is 12.1 Å². The van der Waals surface area contributed by atoms with E-state index in [1.165, 1.54) is 44.9 Å². The van der Waals surface area contributed by atoms with E-state index in [1.807, 2.05) is 13.0 Å². The second-order valence-corrected chi connectivity index (χ2v) is 5.52. The Morgan fingerprint density at radius 1 is 1.16 bits per heavy atom. The molecule has 0 aromatic heterocycles. The maximum absolute atomic E-state index is 10.9. The zero-order chi connectivity index (χ0) is 13.7. The third kappa shape index (κ3) is 3.98. The summed E-state index contributed by atoms with van der Waals surface area (Å²) in [4.78, 5) is 10.9. The largest absolute Gasteiger partial charge is 0.478 e. The van der Waals surface area contributed by atoms with Crippen LogP contribution in [0.1, 0.15) is 60.9 Å². The summed E-state index contributed by atoms with van der Waals surface area (Å²) < 4.78 is 0. The van der Waals surface area contributed by atoms with Gasteiger partial charge in [-0.15, -0.1) is 0 Å². The van der Waals surface area contributed by atoms with Crippen LogP contribution in [0.5, 0.6) is 0 Å². The van der Waals surface area contributed by atoms with Crippen LogP contribution >= 0.6 is 0 Å². The van der Waals surface area contributed by atoms with E-state index in [0.29, 0.717) is 11.6 Å². The number of hydrogen-bond donors (Lipinski definition) is 2. The van der Waals surface area contributed by atoms with Crippen LogP contribution in [0, 0.1) is 6.92 Å². The quantitative estimate of drug-likeness (QED) is 0.856. The van der Waals surface area contributed by atoms with Crippen LogP contribution in [-0.2, 0) is 0 Å². The van der Waals surface area contributed by atoms with Crippen LogP contribution in [0.25, 0.3) is 0 Å².